The first-order valence-electron chi connectivity index (χ1n) is 6.76. The molecular formula is C13H21N3O3. The third kappa shape index (κ3) is 2.94. The normalized spacial score (nSPS) is 24.6. The van der Waals surface area contributed by atoms with Gasteiger partial charge in [0.1, 0.15) is 11.8 Å². The van der Waals surface area contributed by atoms with Crippen molar-refractivity contribution in [3.05, 3.63) is 0 Å². The van der Waals surface area contributed by atoms with E-state index in [0.717, 1.165) is 32.2 Å². The van der Waals surface area contributed by atoms with Gasteiger partial charge >= 0.3 is 6.03 Å². The van der Waals surface area contributed by atoms with Crippen molar-refractivity contribution in [2.24, 2.45) is 5.92 Å². The standard InChI is InChI=1S/C13H21N3O3/c1-13(2)11(18)16(12(19)14-13)8-7-15-5-3-10(9-17)4-6-15/h9-10H,3-8H2,1-2H3,(H,14,19). The molecule has 1 N–H and O–H groups in total. The van der Waals surface area contributed by atoms with Crippen LogP contribution < -0.4 is 5.32 Å². The average molecular weight is 267 g/mol. The zero-order chi connectivity index (χ0) is 14.0. The van der Waals surface area contributed by atoms with Gasteiger partial charge in [0.25, 0.3) is 5.91 Å². The number of carbonyl (C=O) groups excluding carboxylic acids is 3. The highest BCUT2D eigenvalue weighted by atomic mass is 16.2. The Bertz CT molecular complexity index is 387. The molecule has 2 aliphatic rings. The van der Waals surface area contributed by atoms with Crippen molar-refractivity contribution in [1.29, 1.82) is 0 Å². The predicted octanol–water partition coefficient (Wildman–Crippen LogP) is 0.228. The van der Waals surface area contributed by atoms with Crippen molar-refractivity contribution in [2.45, 2.75) is 32.2 Å². The van der Waals surface area contributed by atoms with E-state index in [-0.39, 0.29) is 17.9 Å². The second-order valence-electron chi connectivity index (χ2n) is 5.83. The Labute approximate surface area is 113 Å². The van der Waals surface area contributed by atoms with Gasteiger partial charge in [-0.25, -0.2) is 4.79 Å². The van der Waals surface area contributed by atoms with Crippen molar-refractivity contribution in [3.63, 3.8) is 0 Å². The molecule has 0 aliphatic carbocycles. The van der Waals surface area contributed by atoms with E-state index in [0.29, 0.717) is 13.1 Å². The number of imide groups is 1. The molecule has 0 atom stereocenters. The van der Waals surface area contributed by atoms with Crippen LogP contribution in [0.3, 0.4) is 0 Å². The minimum Gasteiger partial charge on any atom is -0.324 e. The van der Waals surface area contributed by atoms with Gasteiger partial charge in [0, 0.05) is 19.0 Å². The van der Waals surface area contributed by atoms with Crippen molar-refractivity contribution in [1.82, 2.24) is 15.1 Å². The first kappa shape index (κ1) is 14.0. The summed E-state index contributed by atoms with van der Waals surface area (Å²) in [6.45, 7) is 6.24. The fourth-order valence-electron chi connectivity index (χ4n) is 2.58. The number of likely N-dealkylation sites (tertiary alicyclic amines) is 1. The van der Waals surface area contributed by atoms with Gasteiger partial charge in [-0.2, -0.15) is 0 Å². The molecule has 2 fully saturated rings. The first-order chi connectivity index (χ1) is 8.94. The van der Waals surface area contributed by atoms with Crippen LogP contribution in [0.15, 0.2) is 0 Å². The summed E-state index contributed by atoms with van der Waals surface area (Å²) in [5, 5.41) is 2.67. The second kappa shape index (κ2) is 5.28. The maximum absolute atomic E-state index is 12.0. The fraction of sp³-hybridized carbons (Fsp3) is 0.769. The molecule has 2 aliphatic heterocycles. The lowest BCUT2D eigenvalue weighted by molar-refractivity contribution is -0.130. The summed E-state index contributed by atoms with van der Waals surface area (Å²) >= 11 is 0. The number of hydrogen-bond acceptors (Lipinski definition) is 4. The minimum atomic E-state index is -0.790. The van der Waals surface area contributed by atoms with Crippen LogP contribution in [0, 0.1) is 5.92 Å². The highest BCUT2D eigenvalue weighted by Crippen LogP contribution is 2.18. The summed E-state index contributed by atoms with van der Waals surface area (Å²) in [5.74, 6) is 0.00665. The summed E-state index contributed by atoms with van der Waals surface area (Å²) in [6, 6.07) is -0.308. The number of aldehydes is 1. The third-order valence-corrected chi connectivity index (χ3v) is 3.91. The Balaban J connectivity index is 1.82. The van der Waals surface area contributed by atoms with E-state index in [2.05, 4.69) is 10.2 Å². The zero-order valence-electron chi connectivity index (χ0n) is 11.5. The molecule has 0 saturated carbocycles. The molecule has 0 aromatic rings. The number of rotatable bonds is 4. The highest BCUT2D eigenvalue weighted by molar-refractivity contribution is 6.06. The summed E-state index contributed by atoms with van der Waals surface area (Å²) < 4.78 is 0. The Morgan fingerprint density at radius 1 is 1.26 bits per heavy atom. The Morgan fingerprint density at radius 2 is 1.89 bits per heavy atom. The minimum absolute atomic E-state index is 0.166. The lowest BCUT2D eigenvalue weighted by Gasteiger charge is -2.30. The zero-order valence-corrected chi connectivity index (χ0v) is 11.5. The molecule has 2 rings (SSSR count). The molecule has 0 aromatic carbocycles. The number of amides is 3. The van der Waals surface area contributed by atoms with Gasteiger partial charge in [0.2, 0.25) is 0 Å². The van der Waals surface area contributed by atoms with Crippen LogP contribution in [0.25, 0.3) is 0 Å². The number of carbonyl (C=O) groups is 3. The SMILES string of the molecule is CC1(C)NC(=O)N(CCN2CCC(C=O)CC2)C1=O. The van der Waals surface area contributed by atoms with Crippen LogP contribution >= 0.6 is 0 Å². The second-order valence-corrected chi connectivity index (χ2v) is 5.83. The van der Waals surface area contributed by atoms with Gasteiger partial charge < -0.3 is 15.0 Å². The van der Waals surface area contributed by atoms with E-state index in [4.69, 9.17) is 0 Å². The van der Waals surface area contributed by atoms with Crippen molar-refractivity contribution < 1.29 is 14.4 Å². The van der Waals surface area contributed by atoms with Crippen LogP contribution in [0.1, 0.15) is 26.7 Å². The van der Waals surface area contributed by atoms with Crippen molar-refractivity contribution in [3.8, 4) is 0 Å². The molecule has 106 valence electrons. The number of urea groups is 1. The van der Waals surface area contributed by atoms with Crippen molar-refractivity contribution in [2.75, 3.05) is 26.2 Å². The summed E-state index contributed by atoms with van der Waals surface area (Å²) in [5.41, 5.74) is -0.790. The molecule has 0 unspecified atom stereocenters. The highest BCUT2D eigenvalue weighted by Gasteiger charge is 2.43. The van der Waals surface area contributed by atoms with Gasteiger partial charge in [0.05, 0.1) is 0 Å². The average Bonchev–Trinajstić information content (AvgIpc) is 2.57. The Morgan fingerprint density at radius 3 is 2.37 bits per heavy atom. The van der Waals surface area contributed by atoms with Gasteiger partial charge in [0.15, 0.2) is 0 Å². The molecule has 0 radical (unpaired) electrons. The largest absolute Gasteiger partial charge is 0.325 e. The van der Waals surface area contributed by atoms with E-state index in [1.54, 1.807) is 13.8 Å². The van der Waals surface area contributed by atoms with Gasteiger partial charge in [-0.15, -0.1) is 0 Å². The van der Waals surface area contributed by atoms with E-state index >= 15 is 0 Å². The molecule has 2 heterocycles. The van der Waals surface area contributed by atoms with E-state index in [1.807, 2.05) is 0 Å². The molecule has 6 nitrogen and oxygen atoms in total. The van der Waals surface area contributed by atoms with Crippen LogP contribution in [0.2, 0.25) is 0 Å². The van der Waals surface area contributed by atoms with Crippen LogP contribution in [-0.4, -0.2) is 59.7 Å². The Kier molecular flexibility index (Phi) is 3.89. The molecule has 3 amide bonds. The molecular weight excluding hydrogens is 246 g/mol. The maximum Gasteiger partial charge on any atom is 0.325 e. The molecule has 0 aromatic heterocycles. The van der Waals surface area contributed by atoms with E-state index in [1.165, 1.54) is 4.90 Å². The number of nitrogens with one attached hydrogen (secondary N) is 1. The smallest absolute Gasteiger partial charge is 0.324 e. The lowest BCUT2D eigenvalue weighted by Crippen LogP contribution is -2.43. The van der Waals surface area contributed by atoms with Crippen molar-refractivity contribution >= 4 is 18.2 Å². The van der Waals surface area contributed by atoms with Crippen LogP contribution in [0.5, 0.6) is 0 Å². The fourth-order valence-corrected chi connectivity index (χ4v) is 2.58. The summed E-state index contributed by atoms with van der Waals surface area (Å²) in [7, 11) is 0. The van der Waals surface area contributed by atoms with Gasteiger partial charge in [-0.3, -0.25) is 9.69 Å². The number of hydrogen-bond donors (Lipinski definition) is 1. The molecule has 2 saturated heterocycles. The molecule has 6 heteroatoms. The first-order valence-corrected chi connectivity index (χ1v) is 6.76. The topological polar surface area (TPSA) is 69.7 Å². The summed E-state index contributed by atoms with van der Waals surface area (Å²) in [6.07, 6.45) is 2.77. The quantitative estimate of drug-likeness (QED) is 0.584. The molecule has 19 heavy (non-hydrogen) atoms. The predicted molar refractivity (Wildman–Crippen MR) is 69.6 cm³/mol. The van der Waals surface area contributed by atoms with E-state index in [9.17, 15) is 14.4 Å². The maximum atomic E-state index is 12.0. The van der Waals surface area contributed by atoms with E-state index < -0.39 is 5.54 Å². The monoisotopic (exact) mass is 267 g/mol. The summed E-state index contributed by atoms with van der Waals surface area (Å²) in [4.78, 5) is 37.8. The number of piperidine rings is 1. The van der Waals surface area contributed by atoms with Gasteiger partial charge in [-0.1, -0.05) is 0 Å². The number of nitrogens with zero attached hydrogens (tertiary/aromatic N) is 2. The van der Waals surface area contributed by atoms with Crippen LogP contribution in [-0.2, 0) is 9.59 Å². The Hall–Kier alpha value is -1.43. The van der Waals surface area contributed by atoms with Gasteiger partial charge in [-0.05, 0) is 39.8 Å². The third-order valence-electron chi connectivity index (χ3n) is 3.91. The lowest BCUT2D eigenvalue weighted by atomic mass is 9.99. The molecule has 0 spiro atoms. The van der Waals surface area contributed by atoms with Crippen LogP contribution in [0.4, 0.5) is 4.79 Å². The molecule has 0 bridgehead atoms.